The third-order valence-electron chi connectivity index (χ3n) is 3.94. The van der Waals surface area contributed by atoms with Crippen LogP contribution >= 0.6 is 0 Å². The van der Waals surface area contributed by atoms with Gasteiger partial charge in [-0.25, -0.2) is 5.32 Å². The number of rotatable bonds is 1. The van der Waals surface area contributed by atoms with Crippen LogP contribution in [-0.4, -0.2) is 22.0 Å². The second-order valence-electron chi connectivity index (χ2n) is 5.08. The monoisotopic (exact) mass is 244 g/mol. The minimum atomic E-state index is -0.518. The van der Waals surface area contributed by atoms with Gasteiger partial charge in [0.2, 0.25) is 0 Å². The molecule has 1 fully saturated rings. The van der Waals surface area contributed by atoms with Crippen molar-refractivity contribution >= 4 is 11.7 Å². The van der Waals surface area contributed by atoms with E-state index in [0.29, 0.717) is 10.5 Å². The average Bonchev–Trinajstić information content (AvgIpc) is 2.63. The number of hydroxylamine groups is 1. The molecule has 1 aliphatic carbocycles. The molecule has 94 valence electrons. The summed E-state index contributed by atoms with van der Waals surface area (Å²) in [5.74, 6) is 0. The first-order valence-corrected chi connectivity index (χ1v) is 6.45. The number of urea groups is 1. The molecule has 1 aromatic rings. The minimum absolute atomic E-state index is 0.432. The quantitative estimate of drug-likeness (QED) is 0.609. The van der Waals surface area contributed by atoms with Gasteiger partial charge in [0.15, 0.2) is 11.3 Å². The summed E-state index contributed by atoms with van der Waals surface area (Å²) in [6.45, 7) is 0. The molecule has 0 aromatic heterocycles. The second kappa shape index (κ2) is 4.12. The van der Waals surface area contributed by atoms with Gasteiger partial charge in [-0.2, -0.15) is 9.53 Å². The van der Waals surface area contributed by atoms with E-state index in [4.69, 9.17) is 0 Å². The van der Waals surface area contributed by atoms with Crippen molar-refractivity contribution in [3.8, 4) is 0 Å². The van der Waals surface area contributed by atoms with Crippen molar-refractivity contribution < 1.29 is 9.53 Å². The highest BCUT2D eigenvalue weighted by atomic mass is 16.5. The molecule has 4 nitrogen and oxygen atoms in total. The summed E-state index contributed by atoms with van der Waals surface area (Å²) in [6.07, 6.45) is 5.02. The lowest BCUT2D eigenvalue weighted by Crippen LogP contribution is -2.50. The first-order valence-electron chi connectivity index (χ1n) is 6.45. The molecule has 1 N–H and O–H groups in total. The highest BCUT2D eigenvalue weighted by molar-refractivity contribution is 6.10. The number of carbonyl (C=O) groups excluding carboxylic acids is 1. The Kier molecular flexibility index (Phi) is 2.58. The van der Waals surface area contributed by atoms with E-state index < -0.39 is 11.6 Å². The smallest absolute Gasteiger partial charge is 0.495 e. The molecule has 2 amide bonds. The van der Waals surface area contributed by atoms with Crippen molar-refractivity contribution in [3.05, 3.63) is 41.1 Å². The number of amides is 2. The molecule has 0 saturated heterocycles. The van der Waals surface area contributed by atoms with Crippen molar-refractivity contribution in [1.29, 1.82) is 0 Å². The van der Waals surface area contributed by atoms with E-state index in [1.54, 1.807) is 0 Å². The maximum Gasteiger partial charge on any atom is 0.495 e. The molecule has 0 unspecified atom stereocenters. The highest BCUT2D eigenvalue weighted by Crippen LogP contribution is 2.34. The molecule has 0 bridgehead atoms. The van der Waals surface area contributed by atoms with Gasteiger partial charge in [-0.15, -0.1) is 0 Å². The van der Waals surface area contributed by atoms with E-state index in [2.05, 4.69) is 5.32 Å². The molecule has 0 radical (unpaired) electrons. The molecular formula is C14H16N2O2. The van der Waals surface area contributed by atoms with E-state index in [0.717, 1.165) is 31.2 Å². The second-order valence-corrected chi connectivity index (χ2v) is 5.08. The molecule has 1 aromatic carbocycles. The van der Waals surface area contributed by atoms with Crippen LogP contribution in [0.3, 0.4) is 0 Å². The van der Waals surface area contributed by atoms with Crippen LogP contribution in [0, 0.1) is 5.21 Å². The van der Waals surface area contributed by atoms with E-state index >= 15 is 0 Å². The number of nitrogens with zero attached hydrogens (tertiary/aromatic N) is 1. The normalized spacial score (nSPS) is 22.3. The summed E-state index contributed by atoms with van der Waals surface area (Å²) in [6, 6.07) is 8.99. The molecule has 3 rings (SSSR count). The largest absolute Gasteiger partial charge is 0.708 e. The zero-order valence-electron chi connectivity index (χ0n) is 10.2. The van der Waals surface area contributed by atoms with Crippen LogP contribution in [0.1, 0.15) is 37.7 Å². The number of nitrogens with one attached hydrogen (secondary N) is 1. The van der Waals surface area contributed by atoms with E-state index in [9.17, 15) is 10.0 Å². The predicted molar refractivity (Wildman–Crippen MR) is 68.5 cm³/mol. The Morgan fingerprint density at radius 2 is 1.78 bits per heavy atom. The third kappa shape index (κ3) is 1.60. The Labute approximate surface area is 106 Å². The van der Waals surface area contributed by atoms with Crippen molar-refractivity contribution in [2.75, 3.05) is 0 Å². The van der Waals surface area contributed by atoms with Gasteiger partial charge in [-0.1, -0.05) is 36.8 Å². The standard InChI is InChI=1S/C14H16N2O2/c17-13-15-14(9-5-2-6-10-14)12(16(13)18)11-7-3-1-4-8-11/h1,3-4,7-8H,2,5-6,9-10H2,(H,15,17). The van der Waals surface area contributed by atoms with E-state index in [1.165, 1.54) is 6.42 Å². The first-order chi connectivity index (χ1) is 8.73. The van der Waals surface area contributed by atoms with Crippen LogP contribution in [0.5, 0.6) is 0 Å². The molecule has 18 heavy (non-hydrogen) atoms. The Hall–Kier alpha value is -1.84. The van der Waals surface area contributed by atoms with Crippen LogP contribution < -0.4 is 5.32 Å². The summed E-state index contributed by atoms with van der Waals surface area (Å²) in [7, 11) is 0. The maximum atomic E-state index is 12.0. The zero-order chi connectivity index (χ0) is 12.6. The summed E-state index contributed by atoms with van der Waals surface area (Å²) in [5.41, 5.74) is 1.03. The molecule has 2 aliphatic rings. The van der Waals surface area contributed by atoms with Crippen molar-refractivity contribution in [2.45, 2.75) is 37.6 Å². The maximum absolute atomic E-state index is 12.0. The van der Waals surface area contributed by atoms with Gasteiger partial charge in [0.05, 0.1) is 0 Å². The number of benzene rings is 1. The summed E-state index contributed by atoms with van der Waals surface area (Å²) < 4.78 is 0.542. The molecule has 1 spiro atoms. The molecule has 1 saturated carbocycles. The number of hydrogen-bond acceptors (Lipinski definition) is 2. The lowest BCUT2D eigenvalue weighted by atomic mass is 9.76. The Balaban J connectivity index is 2.09. The van der Waals surface area contributed by atoms with Crippen molar-refractivity contribution in [2.24, 2.45) is 0 Å². The van der Waals surface area contributed by atoms with Crippen molar-refractivity contribution in [1.82, 2.24) is 5.32 Å². The summed E-state index contributed by atoms with van der Waals surface area (Å²) in [5, 5.41) is 15.0. The molecular weight excluding hydrogens is 228 g/mol. The average molecular weight is 244 g/mol. The van der Waals surface area contributed by atoms with Gasteiger partial charge >= 0.3 is 6.03 Å². The fourth-order valence-electron chi connectivity index (χ4n) is 3.12. The molecule has 1 aliphatic heterocycles. The van der Waals surface area contributed by atoms with Crippen LogP contribution in [0.15, 0.2) is 30.3 Å². The fourth-order valence-corrected chi connectivity index (χ4v) is 3.12. The van der Waals surface area contributed by atoms with Crippen LogP contribution in [0.25, 0.3) is 0 Å². The van der Waals surface area contributed by atoms with E-state index in [-0.39, 0.29) is 0 Å². The van der Waals surface area contributed by atoms with Crippen LogP contribution in [0.4, 0.5) is 4.79 Å². The van der Waals surface area contributed by atoms with Gasteiger partial charge in [-0.3, -0.25) is 0 Å². The van der Waals surface area contributed by atoms with E-state index in [1.807, 2.05) is 30.3 Å². The minimum Gasteiger partial charge on any atom is -0.708 e. The zero-order valence-corrected chi connectivity index (χ0v) is 10.2. The Morgan fingerprint density at radius 3 is 2.44 bits per heavy atom. The highest BCUT2D eigenvalue weighted by Gasteiger charge is 2.51. The lowest BCUT2D eigenvalue weighted by molar-refractivity contribution is -0.343. The summed E-state index contributed by atoms with van der Waals surface area (Å²) >= 11 is 0. The Bertz CT molecular complexity index is 502. The van der Waals surface area contributed by atoms with Gasteiger partial charge in [0.1, 0.15) is 0 Å². The fraction of sp³-hybridized carbons (Fsp3) is 0.429. The first kappa shape index (κ1) is 11.3. The van der Waals surface area contributed by atoms with Gasteiger partial charge in [-0.05, 0) is 25.7 Å². The van der Waals surface area contributed by atoms with Crippen LogP contribution in [-0.2, 0) is 0 Å². The topological polar surface area (TPSA) is 55.2 Å². The molecule has 1 heterocycles. The van der Waals surface area contributed by atoms with Crippen LogP contribution in [0.2, 0.25) is 0 Å². The van der Waals surface area contributed by atoms with Gasteiger partial charge in [0.25, 0.3) is 0 Å². The lowest BCUT2D eigenvalue weighted by Gasteiger charge is -2.29. The third-order valence-corrected chi connectivity index (χ3v) is 3.94. The summed E-state index contributed by atoms with van der Waals surface area (Å²) in [4.78, 5) is 11.7. The molecule has 0 atom stereocenters. The SMILES string of the molecule is O=C1NC2(CCCCC2)C(c2ccccc2)=[N+]1[O-]. The Morgan fingerprint density at radius 1 is 1.11 bits per heavy atom. The van der Waals surface area contributed by atoms with Gasteiger partial charge in [0, 0.05) is 5.56 Å². The number of hydrogen-bond donors (Lipinski definition) is 1. The van der Waals surface area contributed by atoms with Crippen molar-refractivity contribution in [3.63, 3.8) is 0 Å². The van der Waals surface area contributed by atoms with Gasteiger partial charge < -0.3 is 5.21 Å². The number of carbonyl (C=O) groups is 1. The molecule has 4 heteroatoms. The predicted octanol–water partition coefficient (Wildman–Crippen LogP) is 2.41.